The largest absolute Gasteiger partial charge is 0.506 e. The molecule has 0 radical (unpaired) electrons. The summed E-state index contributed by atoms with van der Waals surface area (Å²) in [6, 6.07) is 3.20. The minimum Gasteiger partial charge on any atom is -0.506 e. The first-order chi connectivity index (χ1) is 10.3. The number of aromatic hydroxyl groups is 1. The molecule has 0 aromatic carbocycles. The smallest absolute Gasteiger partial charge is 0.213 e. The van der Waals surface area contributed by atoms with Crippen LogP contribution in [0, 0.1) is 0 Å². The Bertz CT molecular complexity index is 459. The fourth-order valence-corrected chi connectivity index (χ4v) is 2.32. The summed E-state index contributed by atoms with van der Waals surface area (Å²) >= 11 is 0. The molecular formula is C14H20N2O5. The molecule has 3 heterocycles. The van der Waals surface area contributed by atoms with Crippen LogP contribution in [-0.2, 0) is 14.2 Å². The highest BCUT2D eigenvalue weighted by molar-refractivity contribution is 5.31. The van der Waals surface area contributed by atoms with E-state index in [1.165, 1.54) is 0 Å². The van der Waals surface area contributed by atoms with E-state index in [1.807, 2.05) is 0 Å². The second-order valence-corrected chi connectivity index (χ2v) is 4.93. The van der Waals surface area contributed by atoms with Crippen molar-refractivity contribution >= 4 is 0 Å². The zero-order valence-electron chi connectivity index (χ0n) is 11.9. The van der Waals surface area contributed by atoms with Crippen LogP contribution in [0.5, 0.6) is 11.6 Å². The maximum absolute atomic E-state index is 9.82. The first kappa shape index (κ1) is 14.5. The van der Waals surface area contributed by atoms with E-state index < -0.39 is 6.29 Å². The van der Waals surface area contributed by atoms with Crippen molar-refractivity contribution < 1.29 is 24.1 Å². The van der Waals surface area contributed by atoms with E-state index in [1.54, 1.807) is 12.1 Å². The van der Waals surface area contributed by atoms with Crippen molar-refractivity contribution in [1.82, 2.24) is 9.88 Å². The Morgan fingerprint density at radius 1 is 1.19 bits per heavy atom. The molecule has 0 saturated carbocycles. The molecule has 2 aliphatic rings. The van der Waals surface area contributed by atoms with Crippen molar-refractivity contribution in [2.45, 2.75) is 6.29 Å². The van der Waals surface area contributed by atoms with Crippen LogP contribution in [0.15, 0.2) is 12.1 Å². The number of nitrogens with zero attached hydrogens (tertiary/aromatic N) is 2. The number of morpholine rings is 1. The number of hydrogen-bond donors (Lipinski definition) is 1. The van der Waals surface area contributed by atoms with Crippen molar-refractivity contribution in [1.29, 1.82) is 0 Å². The Morgan fingerprint density at radius 3 is 2.71 bits per heavy atom. The molecule has 2 saturated heterocycles. The van der Waals surface area contributed by atoms with Gasteiger partial charge in [0, 0.05) is 25.7 Å². The topological polar surface area (TPSA) is 73.3 Å². The van der Waals surface area contributed by atoms with Crippen LogP contribution in [-0.4, -0.2) is 67.7 Å². The maximum Gasteiger partial charge on any atom is 0.213 e. The van der Waals surface area contributed by atoms with Gasteiger partial charge in [0.25, 0.3) is 0 Å². The van der Waals surface area contributed by atoms with Gasteiger partial charge in [-0.2, -0.15) is 0 Å². The average molecular weight is 296 g/mol. The van der Waals surface area contributed by atoms with Crippen LogP contribution in [0.4, 0.5) is 0 Å². The lowest BCUT2D eigenvalue weighted by Gasteiger charge is -2.26. The number of rotatable bonds is 5. The number of pyridine rings is 1. The van der Waals surface area contributed by atoms with Gasteiger partial charge in [-0.05, 0) is 6.07 Å². The Hall–Kier alpha value is -1.41. The lowest BCUT2D eigenvalue weighted by atomic mass is 10.3. The highest BCUT2D eigenvalue weighted by Crippen LogP contribution is 2.30. The molecule has 1 aromatic heterocycles. The summed E-state index contributed by atoms with van der Waals surface area (Å²) < 4.78 is 21.7. The molecule has 2 aliphatic heterocycles. The Labute approximate surface area is 123 Å². The number of hydrogen-bond acceptors (Lipinski definition) is 7. The van der Waals surface area contributed by atoms with E-state index in [-0.39, 0.29) is 5.75 Å². The summed E-state index contributed by atoms with van der Waals surface area (Å²) in [4.78, 5) is 6.56. The predicted octanol–water partition coefficient (Wildman–Crippen LogP) is 0.544. The van der Waals surface area contributed by atoms with Crippen LogP contribution < -0.4 is 4.74 Å². The maximum atomic E-state index is 9.82. The molecule has 0 aliphatic carbocycles. The van der Waals surface area contributed by atoms with Crippen LogP contribution in [0.1, 0.15) is 12.0 Å². The van der Waals surface area contributed by atoms with Crippen molar-refractivity contribution in [3.63, 3.8) is 0 Å². The van der Waals surface area contributed by atoms with Gasteiger partial charge in [0.05, 0.1) is 26.4 Å². The predicted molar refractivity (Wildman–Crippen MR) is 73.3 cm³/mol. The van der Waals surface area contributed by atoms with Crippen LogP contribution in [0.2, 0.25) is 0 Å². The molecule has 0 unspecified atom stereocenters. The lowest BCUT2D eigenvalue weighted by molar-refractivity contribution is -0.0491. The molecule has 7 heteroatoms. The van der Waals surface area contributed by atoms with Crippen molar-refractivity contribution in [3.05, 3.63) is 17.8 Å². The van der Waals surface area contributed by atoms with Crippen LogP contribution >= 0.6 is 0 Å². The van der Waals surface area contributed by atoms with Crippen LogP contribution in [0.3, 0.4) is 0 Å². The number of aromatic nitrogens is 1. The minimum absolute atomic E-state index is 0.0578. The molecule has 1 aromatic rings. The highest BCUT2D eigenvalue weighted by atomic mass is 16.7. The fraction of sp³-hybridized carbons (Fsp3) is 0.643. The summed E-state index contributed by atoms with van der Waals surface area (Å²) in [7, 11) is 0. The first-order valence-electron chi connectivity index (χ1n) is 7.19. The van der Waals surface area contributed by atoms with Gasteiger partial charge in [0.1, 0.15) is 18.1 Å². The minimum atomic E-state index is -0.604. The van der Waals surface area contributed by atoms with Gasteiger partial charge in [0.15, 0.2) is 0 Å². The number of ether oxygens (including phenoxy) is 4. The fourth-order valence-electron chi connectivity index (χ4n) is 2.32. The third-order valence-electron chi connectivity index (χ3n) is 3.48. The molecule has 0 spiro atoms. The Kier molecular flexibility index (Phi) is 4.87. The monoisotopic (exact) mass is 296 g/mol. The third kappa shape index (κ3) is 3.82. The van der Waals surface area contributed by atoms with Gasteiger partial charge in [-0.1, -0.05) is 0 Å². The molecule has 0 bridgehead atoms. The van der Waals surface area contributed by atoms with E-state index in [2.05, 4.69) is 9.88 Å². The highest BCUT2D eigenvalue weighted by Gasteiger charge is 2.23. The van der Waals surface area contributed by atoms with Crippen LogP contribution in [0.25, 0.3) is 0 Å². The molecule has 3 rings (SSSR count). The summed E-state index contributed by atoms with van der Waals surface area (Å²) in [5, 5.41) is 9.82. The van der Waals surface area contributed by atoms with Gasteiger partial charge in [0.2, 0.25) is 12.2 Å². The molecule has 7 nitrogen and oxygen atoms in total. The average Bonchev–Trinajstić information content (AvgIpc) is 3.04. The SMILES string of the molecule is Oc1ccc(OCCN2CCOCC2)nc1C1OCCO1. The Morgan fingerprint density at radius 2 is 1.95 bits per heavy atom. The second-order valence-electron chi connectivity index (χ2n) is 4.93. The summed E-state index contributed by atoms with van der Waals surface area (Å²) in [5.74, 6) is 0.526. The normalized spacial score (nSPS) is 20.8. The first-order valence-corrected chi connectivity index (χ1v) is 7.19. The quantitative estimate of drug-likeness (QED) is 0.850. The van der Waals surface area contributed by atoms with Gasteiger partial charge < -0.3 is 24.1 Å². The van der Waals surface area contributed by atoms with Crippen molar-refractivity contribution in [2.75, 3.05) is 52.7 Å². The zero-order chi connectivity index (χ0) is 14.5. The van der Waals surface area contributed by atoms with E-state index in [0.717, 1.165) is 32.8 Å². The van der Waals surface area contributed by atoms with Gasteiger partial charge in [-0.25, -0.2) is 4.98 Å². The molecule has 21 heavy (non-hydrogen) atoms. The van der Waals surface area contributed by atoms with E-state index in [9.17, 15) is 5.11 Å². The molecule has 0 amide bonds. The van der Waals surface area contributed by atoms with E-state index in [4.69, 9.17) is 18.9 Å². The molecule has 2 fully saturated rings. The molecular weight excluding hydrogens is 276 g/mol. The van der Waals surface area contributed by atoms with E-state index >= 15 is 0 Å². The second kappa shape index (κ2) is 7.04. The summed E-state index contributed by atoms with van der Waals surface area (Å²) in [5.41, 5.74) is 0.372. The molecule has 0 atom stereocenters. The standard InChI is InChI=1S/C14H20N2O5/c17-11-1-2-12(15-13(11)14-20-9-10-21-14)19-8-5-16-3-6-18-7-4-16/h1-2,14,17H,3-10H2. The summed E-state index contributed by atoms with van der Waals surface area (Å²) in [6.45, 7) is 5.81. The van der Waals surface area contributed by atoms with E-state index in [0.29, 0.717) is 31.4 Å². The molecule has 1 N–H and O–H groups in total. The van der Waals surface area contributed by atoms with Crippen molar-refractivity contribution in [2.24, 2.45) is 0 Å². The van der Waals surface area contributed by atoms with Gasteiger partial charge in [-0.3, -0.25) is 4.90 Å². The molecule has 116 valence electrons. The van der Waals surface area contributed by atoms with Crippen molar-refractivity contribution in [3.8, 4) is 11.6 Å². The van der Waals surface area contributed by atoms with Gasteiger partial charge >= 0.3 is 0 Å². The van der Waals surface area contributed by atoms with Gasteiger partial charge in [-0.15, -0.1) is 0 Å². The third-order valence-corrected chi connectivity index (χ3v) is 3.48. The lowest BCUT2D eigenvalue weighted by Crippen LogP contribution is -2.38. The zero-order valence-corrected chi connectivity index (χ0v) is 11.9. The Balaban J connectivity index is 1.54. The summed E-state index contributed by atoms with van der Waals surface area (Å²) in [6.07, 6.45) is -0.604.